The number of hydrogen-bond acceptors (Lipinski definition) is 4. The number of nitrogens with one attached hydrogen (secondary N) is 1. The van der Waals surface area contributed by atoms with E-state index in [-0.39, 0.29) is 5.91 Å². The summed E-state index contributed by atoms with van der Waals surface area (Å²) in [7, 11) is 1.69. The minimum Gasteiger partial charge on any atom is -0.383 e. The maximum atomic E-state index is 11.6. The quantitative estimate of drug-likeness (QED) is 0.707. The highest BCUT2D eigenvalue weighted by molar-refractivity contribution is 5.92. The molecule has 7 nitrogen and oxygen atoms in total. The number of amides is 1. The third kappa shape index (κ3) is 3.77. The minimum absolute atomic E-state index is 0.00831. The van der Waals surface area contributed by atoms with Crippen molar-refractivity contribution in [1.29, 1.82) is 0 Å². The molecule has 1 aromatic carbocycles. The average molecular weight is 355 g/mol. The number of fused-ring (bicyclic) bond motifs is 1. The summed E-state index contributed by atoms with van der Waals surface area (Å²) < 4.78 is 9.37. The highest BCUT2D eigenvalue weighted by Crippen LogP contribution is 2.22. The summed E-state index contributed by atoms with van der Waals surface area (Å²) in [5.74, 6) is 0.910. The van der Waals surface area contributed by atoms with Crippen molar-refractivity contribution in [2.45, 2.75) is 40.3 Å². The van der Waals surface area contributed by atoms with Crippen LogP contribution in [0.1, 0.15) is 30.6 Å². The summed E-state index contributed by atoms with van der Waals surface area (Å²) >= 11 is 0. The van der Waals surface area contributed by atoms with Gasteiger partial charge in [0.05, 0.1) is 29.9 Å². The van der Waals surface area contributed by atoms with Gasteiger partial charge < -0.3 is 14.6 Å². The number of aromatic nitrogens is 4. The molecule has 1 amide bonds. The number of rotatable bonds is 7. The van der Waals surface area contributed by atoms with Gasteiger partial charge in [0.25, 0.3) is 0 Å². The summed E-state index contributed by atoms with van der Waals surface area (Å²) in [6, 6.07) is 7.87. The lowest BCUT2D eigenvalue weighted by atomic mass is 10.2. The standard InChI is InChI=1S/C19H25N5O2/c1-5-19(25)20-15-6-7-17-16(11-15)21-18(23(17)8-9-26-4)12-24-14(3)10-13(2)22-24/h6-7,10-11H,5,8-9,12H2,1-4H3,(H,20,25). The molecule has 2 heterocycles. The molecule has 0 aliphatic carbocycles. The van der Waals surface area contributed by atoms with Crippen LogP contribution in [-0.2, 0) is 22.6 Å². The third-order valence-electron chi connectivity index (χ3n) is 4.35. The van der Waals surface area contributed by atoms with Crippen molar-refractivity contribution in [1.82, 2.24) is 19.3 Å². The number of aryl methyl sites for hydroxylation is 2. The van der Waals surface area contributed by atoms with Gasteiger partial charge in [0.2, 0.25) is 5.91 Å². The molecule has 0 radical (unpaired) electrons. The predicted molar refractivity (Wildman–Crippen MR) is 101 cm³/mol. The average Bonchev–Trinajstić information content (AvgIpc) is 3.11. The molecule has 2 aromatic heterocycles. The summed E-state index contributed by atoms with van der Waals surface area (Å²) in [6.45, 7) is 7.77. The molecule has 3 aromatic rings. The van der Waals surface area contributed by atoms with E-state index in [9.17, 15) is 4.79 Å². The number of nitrogens with zero attached hydrogens (tertiary/aromatic N) is 4. The molecule has 0 spiro atoms. The zero-order chi connectivity index (χ0) is 18.7. The van der Waals surface area contributed by atoms with E-state index in [0.717, 1.165) is 33.9 Å². The van der Waals surface area contributed by atoms with E-state index >= 15 is 0 Å². The van der Waals surface area contributed by atoms with E-state index in [2.05, 4.69) is 21.0 Å². The number of imidazole rings is 1. The van der Waals surface area contributed by atoms with E-state index < -0.39 is 0 Å². The normalized spacial score (nSPS) is 11.2. The van der Waals surface area contributed by atoms with Crippen molar-refractivity contribution in [3.8, 4) is 0 Å². The van der Waals surface area contributed by atoms with Gasteiger partial charge in [-0.15, -0.1) is 0 Å². The van der Waals surface area contributed by atoms with Crippen molar-refractivity contribution in [2.75, 3.05) is 19.0 Å². The van der Waals surface area contributed by atoms with Crippen LogP contribution in [0, 0.1) is 13.8 Å². The van der Waals surface area contributed by atoms with Crippen LogP contribution in [0.15, 0.2) is 24.3 Å². The third-order valence-corrected chi connectivity index (χ3v) is 4.35. The fraction of sp³-hybridized carbons (Fsp3) is 0.421. The molecular formula is C19H25N5O2. The second-order valence-corrected chi connectivity index (χ2v) is 6.36. The van der Waals surface area contributed by atoms with Gasteiger partial charge in [-0.2, -0.15) is 5.10 Å². The molecule has 0 fully saturated rings. The van der Waals surface area contributed by atoms with Gasteiger partial charge in [-0.05, 0) is 38.1 Å². The molecule has 0 saturated carbocycles. The van der Waals surface area contributed by atoms with Crippen molar-refractivity contribution in [3.63, 3.8) is 0 Å². The van der Waals surface area contributed by atoms with Crippen molar-refractivity contribution in [3.05, 3.63) is 41.5 Å². The molecule has 0 saturated heterocycles. The summed E-state index contributed by atoms with van der Waals surface area (Å²) in [6.07, 6.45) is 0.448. The van der Waals surface area contributed by atoms with E-state index in [1.807, 2.05) is 43.7 Å². The first kappa shape index (κ1) is 18.1. The number of carbonyl (C=O) groups excluding carboxylic acids is 1. The molecule has 0 aliphatic heterocycles. The van der Waals surface area contributed by atoms with E-state index in [1.165, 1.54) is 0 Å². The Balaban J connectivity index is 1.99. The van der Waals surface area contributed by atoms with Crippen LogP contribution in [0.5, 0.6) is 0 Å². The maximum absolute atomic E-state index is 11.6. The van der Waals surface area contributed by atoms with Crippen molar-refractivity contribution >= 4 is 22.6 Å². The van der Waals surface area contributed by atoms with Crippen LogP contribution in [0.2, 0.25) is 0 Å². The lowest BCUT2D eigenvalue weighted by molar-refractivity contribution is -0.115. The van der Waals surface area contributed by atoms with Crippen LogP contribution in [-0.4, -0.2) is 39.0 Å². The van der Waals surface area contributed by atoms with Crippen molar-refractivity contribution < 1.29 is 9.53 Å². The zero-order valence-electron chi connectivity index (χ0n) is 15.7. The minimum atomic E-state index is -0.00831. The van der Waals surface area contributed by atoms with Gasteiger partial charge in [-0.25, -0.2) is 4.98 Å². The van der Waals surface area contributed by atoms with Crippen LogP contribution >= 0.6 is 0 Å². The lowest BCUT2D eigenvalue weighted by Gasteiger charge is -2.10. The summed E-state index contributed by atoms with van der Waals surface area (Å²) in [5, 5.41) is 7.43. The topological polar surface area (TPSA) is 74.0 Å². The Hall–Kier alpha value is -2.67. The Morgan fingerprint density at radius 3 is 2.73 bits per heavy atom. The monoisotopic (exact) mass is 355 g/mol. The Labute approximate surface area is 153 Å². The molecule has 0 bridgehead atoms. The Morgan fingerprint density at radius 2 is 2.08 bits per heavy atom. The summed E-state index contributed by atoms with van der Waals surface area (Å²) in [4.78, 5) is 16.4. The van der Waals surface area contributed by atoms with E-state index in [1.54, 1.807) is 7.11 Å². The number of carbonyl (C=O) groups is 1. The predicted octanol–water partition coefficient (Wildman–Crippen LogP) is 2.89. The Bertz CT molecular complexity index is 926. The van der Waals surface area contributed by atoms with Gasteiger partial charge in [0.1, 0.15) is 5.82 Å². The molecule has 138 valence electrons. The SMILES string of the molecule is CCC(=O)Nc1ccc2c(c1)nc(Cn1nc(C)cc1C)n2CCOC. The molecule has 7 heteroatoms. The van der Waals surface area contributed by atoms with Gasteiger partial charge >= 0.3 is 0 Å². The smallest absolute Gasteiger partial charge is 0.224 e. The number of ether oxygens (including phenoxy) is 1. The first-order valence-corrected chi connectivity index (χ1v) is 8.80. The first-order chi connectivity index (χ1) is 12.5. The first-order valence-electron chi connectivity index (χ1n) is 8.80. The summed E-state index contributed by atoms with van der Waals surface area (Å²) in [5.41, 5.74) is 4.73. The highest BCUT2D eigenvalue weighted by Gasteiger charge is 2.14. The number of methoxy groups -OCH3 is 1. The molecule has 3 rings (SSSR count). The van der Waals surface area contributed by atoms with Gasteiger partial charge in [-0.3, -0.25) is 9.48 Å². The largest absolute Gasteiger partial charge is 0.383 e. The number of anilines is 1. The molecule has 0 unspecified atom stereocenters. The molecule has 26 heavy (non-hydrogen) atoms. The van der Waals surface area contributed by atoms with E-state index in [4.69, 9.17) is 9.72 Å². The van der Waals surface area contributed by atoms with Crippen LogP contribution in [0.25, 0.3) is 11.0 Å². The highest BCUT2D eigenvalue weighted by atomic mass is 16.5. The van der Waals surface area contributed by atoms with Gasteiger partial charge in [-0.1, -0.05) is 6.92 Å². The van der Waals surface area contributed by atoms with Crippen LogP contribution in [0.4, 0.5) is 5.69 Å². The fourth-order valence-corrected chi connectivity index (χ4v) is 3.03. The fourth-order valence-electron chi connectivity index (χ4n) is 3.03. The maximum Gasteiger partial charge on any atom is 0.224 e. The Kier molecular flexibility index (Phi) is 5.37. The number of benzene rings is 1. The van der Waals surface area contributed by atoms with Crippen LogP contribution < -0.4 is 5.32 Å². The zero-order valence-corrected chi connectivity index (χ0v) is 15.7. The number of hydrogen-bond donors (Lipinski definition) is 1. The molecule has 0 aliphatic rings. The van der Waals surface area contributed by atoms with E-state index in [0.29, 0.717) is 26.1 Å². The second kappa shape index (κ2) is 7.70. The molecule has 1 N–H and O–H groups in total. The van der Waals surface area contributed by atoms with Crippen LogP contribution in [0.3, 0.4) is 0 Å². The molecular weight excluding hydrogens is 330 g/mol. The van der Waals surface area contributed by atoms with Gasteiger partial charge in [0, 0.05) is 31.5 Å². The second-order valence-electron chi connectivity index (χ2n) is 6.36. The lowest BCUT2D eigenvalue weighted by Crippen LogP contribution is -2.13. The Morgan fingerprint density at radius 1 is 1.27 bits per heavy atom. The molecule has 0 atom stereocenters. The van der Waals surface area contributed by atoms with Gasteiger partial charge in [0.15, 0.2) is 0 Å². The van der Waals surface area contributed by atoms with Crippen molar-refractivity contribution in [2.24, 2.45) is 0 Å².